The first-order chi connectivity index (χ1) is 15.6. The Labute approximate surface area is 186 Å². The lowest BCUT2D eigenvalue weighted by Crippen LogP contribution is -2.28. The summed E-state index contributed by atoms with van der Waals surface area (Å²) in [5.41, 5.74) is 3.02. The monoisotopic (exact) mass is 429 g/mol. The quantitative estimate of drug-likeness (QED) is 0.558. The summed E-state index contributed by atoms with van der Waals surface area (Å²) in [6.45, 7) is 3.82. The summed E-state index contributed by atoms with van der Waals surface area (Å²) in [4.78, 5) is 12.9. The molecule has 2 heterocycles. The summed E-state index contributed by atoms with van der Waals surface area (Å²) in [5, 5.41) is 21.0. The average molecular weight is 429 g/mol. The van der Waals surface area contributed by atoms with E-state index in [0.717, 1.165) is 11.3 Å². The molecule has 1 atom stereocenters. The molecule has 2 aromatic carbocycles. The van der Waals surface area contributed by atoms with Crippen LogP contribution < -0.4 is 15.4 Å². The number of esters is 1. The van der Waals surface area contributed by atoms with Gasteiger partial charge in [-0.3, -0.25) is 0 Å². The summed E-state index contributed by atoms with van der Waals surface area (Å²) in [7, 11) is 1.60. The Bertz CT molecular complexity index is 1210. The maximum atomic E-state index is 12.9. The van der Waals surface area contributed by atoms with Crippen LogP contribution >= 0.6 is 0 Å². The molecular weight excluding hydrogens is 406 g/mol. The zero-order valence-corrected chi connectivity index (χ0v) is 18.0. The minimum atomic E-state index is -0.513. The van der Waals surface area contributed by atoms with E-state index in [0.29, 0.717) is 34.2 Å². The molecule has 8 nitrogen and oxygen atoms in total. The van der Waals surface area contributed by atoms with Crippen molar-refractivity contribution in [3.8, 4) is 11.8 Å². The van der Waals surface area contributed by atoms with Crippen molar-refractivity contribution >= 4 is 29.0 Å². The molecule has 0 saturated heterocycles. The number of para-hydroxylation sites is 1. The fourth-order valence-corrected chi connectivity index (χ4v) is 3.70. The number of fused-ring (bicyclic) bond motifs is 1. The number of methoxy groups -OCH3 is 1. The smallest absolute Gasteiger partial charge is 0.338 e. The number of anilines is 3. The molecule has 1 unspecified atom stereocenters. The van der Waals surface area contributed by atoms with Crippen LogP contribution in [0.2, 0.25) is 0 Å². The first kappa shape index (κ1) is 21.0. The van der Waals surface area contributed by atoms with Gasteiger partial charge in [0.1, 0.15) is 17.4 Å². The van der Waals surface area contributed by atoms with E-state index in [1.807, 2.05) is 54.6 Å². The molecule has 0 radical (unpaired) electrons. The number of carbonyl (C=O) groups excluding carboxylic acids is 1. The van der Waals surface area contributed by atoms with Crippen LogP contribution in [0.1, 0.15) is 31.0 Å². The van der Waals surface area contributed by atoms with Gasteiger partial charge in [-0.1, -0.05) is 30.3 Å². The highest BCUT2D eigenvalue weighted by Gasteiger charge is 2.35. The fourth-order valence-electron chi connectivity index (χ4n) is 3.70. The molecule has 1 aliphatic rings. The summed E-state index contributed by atoms with van der Waals surface area (Å²) in [5.74, 6) is 1.19. The number of allylic oxidation sites excluding steroid dienone is 1. The molecule has 0 aliphatic carbocycles. The van der Waals surface area contributed by atoms with Crippen LogP contribution in [0.5, 0.6) is 5.75 Å². The van der Waals surface area contributed by atoms with Crippen molar-refractivity contribution in [2.75, 3.05) is 24.4 Å². The van der Waals surface area contributed by atoms with Gasteiger partial charge in [0, 0.05) is 5.69 Å². The van der Waals surface area contributed by atoms with Crippen LogP contribution in [-0.4, -0.2) is 29.5 Å². The van der Waals surface area contributed by atoms with Gasteiger partial charge in [0.05, 0.1) is 31.0 Å². The van der Waals surface area contributed by atoms with Crippen molar-refractivity contribution in [3.63, 3.8) is 0 Å². The number of ether oxygens (including phenoxy) is 2. The maximum absolute atomic E-state index is 12.9. The first-order valence-electron chi connectivity index (χ1n) is 10.2. The molecule has 3 aromatic rings. The van der Waals surface area contributed by atoms with Gasteiger partial charge in [0.2, 0.25) is 0 Å². The standard InChI is InChI=1S/C24H23N5O3/c1-4-32-24(30)20-15(2)29-23(27-21(20)16-10-12-18(31-3)13-11-16)19(14-25)22(28-29)26-17-8-6-5-7-9-17/h5-13,21,27H,4H2,1-3H3,(H,26,28). The molecule has 2 N–H and O–H groups in total. The van der Waals surface area contributed by atoms with Gasteiger partial charge in [-0.25, -0.2) is 9.48 Å². The van der Waals surface area contributed by atoms with Gasteiger partial charge in [0.15, 0.2) is 11.6 Å². The molecule has 0 bridgehead atoms. The van der Waals surface area contributed by atoms with Gasteiger partial charge >= 0.3 is 5.97 Å². The molecule has 0 amide bonds. The highest BCUT2D eigenvalue weighted by Crippen LogP contribution is 2.40. The van der Waals surface area contributed by atoms with Crippen molar-refractivity contribution in [1.29, 1.82) is 5.26 Å². The summed E-state index contributed by atoms with van der Waals surface area (Å²) >= 11 is 0. The molecule has 0 saturated carbocycles. The van der Waals surface area contributed by atoms with E-state index in [1.165, 1.54) is 0 Å². The second-order valence-corrected chi connectivity index (χ2v) is 7.16. The molecule has 8 heteroatoms. The van der Waals surface area contributed by atoms with E-state index in [-0.39, 0.29) is 6.61 Å². The van der Waals surface area contributed by atoms with Gasteiger partial charge in [-0.05, 0) is 43.7 Å². The van der Waals surface area contributed by atoms with Crippen molar-refractivity contribution < 1.29 is 14.3 Å². The minimum Gasteiger partial charge on any atom is -0.497 e. The second kappa shape index (κ2) is 8.86. The SMILES string of the molecule is CCOC(=O)C1=C(C)n2nc(Nc3ccccc3)c(C#N)c2NC1c1ccc(OC)cc1. The predicted molar refractivity (Wildman–Crippen MR) is 122 cm³/mol. The molecule has 32 heavy (non-hydrogen) atoms. The number of rotatable bonds is 6. The van der Waals surface area contributed by atoms with Crippen LogP contribution in [-0.2, 0) is 9.53 Å². The first-order valence-corrected chi connectivity index (χ1v) is 10.2. The van der Waals surface area contributed by atoms with Gasteiger partial charge in [-0.15, -0.1) is 5.10 Å². The number of benzene rings is 2. The van der Waals surface area contributed by atoms with E-state index in [2.05, 4.69) is 21.8 Å². The third-order valence-corrected chi connectivity index (χ3v) is 5.26. The number of hydrogen-bond acceptors (Lipinski definition) is 7. The van der Waals surface area contributed by atoms with E-state index in [1.54, 1.807) is 25.6 Å². The highest BCUT2D eigenvalue weighted by molar-refractivity contribution is 5.98. The minimum absolute atomic E-state index is 0.251. The molecule has 1 aliphatic heterocycles. The normalized spacial score (nSPS) is 14.8. The van der Waals surface area contributed by atoms with E-state index >= 15 is 0 Å². The molecule has 0 fully saturated rings. The highest BCUT2D eigenvalue weighted by atomic mass is 16.5. The zero-order valence-electron chi connectivity index (χ0n) is 18.0. The number of aromatic nitrogens is 2. The predicted octanol–water partition coefficient (Wildman–Crippen LogP) is 4.47. The van der Waals surface area contributed by atoms with Crippen LogP contribution in [0.15, 0.2) is 60.2 Å². The van der Waals surface area contributed by atoms with Crippen LogP contribution in [0.3, 0.4) is 0 Å². The Hall–Kier alpha value is -4.25. The fraction of sp³-hybridized carbons (Fsp3) is 0.208. The number of nitriles is 1. The van der Waals surface area contributed by atoms with Gasteiger partial charge in [0.25, 0.3) is 0 Å². The topological polar surface area (TPSA) is 101 Å². The van der Waals surface area contributed by atoms with Gasteiger partial charge < -0.3 is 20.1 Å². The second-order valence-electron chi connectivity index (χ2n) is 7.16. The van der Waals surface area contributed by atoms with Crippen LogP contribution in [0.25, 0.3) is 5.70 Å². The summed E-state index contributed by atoms with van der Waals surface area (Å²) in [6.07, 6.45) is 0. The summed E-state index contributed by atoms with van der Waals surface area (Å²) < 4.78 is 12.2. The summed E-state index contributed by atoms with van der Waals surface area (Å²) in [6, 6.07) is 18.6. The number of hydrogen-bond donors (Lipinski definition) is 2. The Morgan fingerprint density at radius 2 is 1.94 bits per heavy atom. The van der Waals surface area contributed by atoms with Crippen molar-refractivity contribution in [2.24, 2.45) is 0 Å². The molecular formula is C24H23N5O3. The largest absolute Gasteiger partial charge is 0.497 e. The van der Waals surface area contributed by atoms with E-state index < -0.39 is 12.0 Å². The average Bonchev–Trinajstić information content (AvgIpc) is 3.17. The Balaban J connectivity index is 1.83. The van der Waals surface area contributed by atoms with Crippen LogP contribution in [0.4, 0.5) is 17.3 Å². The number of carbonyl (C=O) groups is 1. The van der Waals surface area contributed by atoms with Crippen LogP contribution in [0, 0.1) is 11.3 Å². The Morgan fingerprint density at radius 1 is 1.22 bits per heavy atom. The molecule has 1 aromatic heterocycles. The molecule has 4 rings (SSSR count). The van der Waals surface area contributed by atoms with Gasteiger partial charge in [-0.2, -0.15) is 5.26 Å². The zero-order chi connectivity index (χ0) is 22.7. The van der Waals surface area contributed by atoms with Crippen molar-refractivity contribution in [1.82, 2.24) is 9.78 Å². The lowest BCUT2D eigenvalue weighted by Gasteiger charge is -2.29. The molecule has 162 valence electrons. The van der Waals surface area contributed by atoms with E-state index in [4.69, 9.17) is 9.47 Å². The van der Waals surface area contributed by atoms with Crippen molar-refractivity contribution in [3.05, 3.63) is 71.3 Å². The third-order valence-electron chi connectivity index (χ3n) is 5.26. The number of nitrogens with zero attached hydrogens (tertiary/aromatic N) is 3. The Kier molecular flexibility index (Phi) is 5.81. The lowest BCUT2D eigenvalue weighted by atomic mass is 9.95. The van der Waals surface area contributed by atoms with Crippen molar-refractivity contribution in [2.45, 2.75) is 19.9 Å². The maximum Gasteiger partial charge on any atom is 0.338 e. The molecule has 0 spiro atoms. The van der Waals surface area contributed by atoms with E-state index in [9.17, 15) is 10.1 Å². The third kappa shape index (κ3) is 3.76. The Morgan fingerprint density at radius 3 is 2.56 bits per heavy atom. The lowest BCUT2D eigenvalue weighted by molar-refractivity contribution is -0.138. The number of nitrogens with one attached hydrogen (secondary N) is 2.